The molecule has 0 unspecified atom stereocenters. The number of hydrogen-bond donors (Lipinski definition) is 3. The number of benzene rings is 3. The van der Waals surface area contributed by atoms with Crippen molar-refractivity contribution in [3.8, 4) is 11.1 Å². The summed E-state index contributed by atoms with van der Waals surface area (Å²) in [7, 11) is 0. The summed E-state index contributed by atoms with van der Waals surface area (Å²) in [6.45, 7) is 2.46. The summed E-state index contributed by atoms with van der Waals surface area (Å²) in [6, 6.07) is 26.6. The maximum absolute atomic E-state index is 13.2. The van der Waals surface area contributed by atoms with E-state index in [1.165, 1.54) is 5.56 Å². The molecular formula is C32H35N3O5. The first kappa shape index (κ1) is 27.4. The van der Waals surface area contributed by atoms with Crippen LogP contribution in [0.25, 0.3) is 11.1 Å². The summed E-state index contributed by atoms with van der Waals surface area (Å²) in [6.07, 6.45) is 0.531. The van der Waals surface area contributed by atoms with Gasteiger partial charge in [0.25, 0.3) is 0 Å². The molecule has 0 atom stereocenters. The van der Waals surface area contributed by atoms with Gasteiger partial charge in [-0.25, -0.2) is 4.79 Å². The summed E-state index contributed by atoms with van der Waals surface area (Å²) in [5, 5.41) is 14.6. The lowest BCUT2D eigenvalue weighted by Crippen LogP contribution is -2.57. The van der Waals surface area contributed by atoms with Gasteiger partial charge in [-0.1, -0.05) is 78.9 Å². The molecule has 0 bridgehead atoms. The molecule has 1 fully saturated rings. The number of amides is 2. The minimum atomic E-state index is -0.971. The van der Waals surface area contributed by atoms with Crippen molar-refractivity contribution in [1.29, 1.82) is 0 Å². The monoisotopic (exact) mass is 541 g/mol. The number of ether oxygens (including phenoxy) is 1. The highest BCUT2D eigenvalue weighted by atomic mass is 16.5. The van der Waals surface area contributed by atoms with Crippen LogP contribution in [-0.2, 0) is 20.9 Å². The van der Waals surface area contributed by atoms with Gasteiger partial charge in [0.15, 0.2) is 0 Å². The highest BCUT2D eigenvalue weighted by Crippen LogP contribution is 2.44. The van der Waals surface area contributed by atoms with Crippen LogP contribution in [0.15, 0.2) is 78.9 Å². The number of hydrogen-bond acceptors (Lipinski definition) is 5. The number of carboxylic acid groups (broad SMARTS) is 1. The van der Waals surface area contributed by atoms with Crippen LogP contribution in [0.1, 0.15) is 48.3 Å². The lowest BCUT2D eigenvalue weighted by atomic mass is 9.84. The van der Waals surface area contributed by atoms with Crippen molar-refractivity contribution in [2.24, 2.45) is 0 Å². The molecule has 40 heavy (non-hydrogen) atoms. The van der Waals surface area contributed by atoms with Gasteiger partial charge in [0, 0.05) is 38.5 Å². The van der Waals surface area contributed by atoms with E-state index < -0.39 is 17.6 Å². The Kier molecular flexibility index (Phi) is 8.45. The zero-order valence-corrected chi connectivity index (χ0v) is 22.5. The Balaban J connectivity index is 1.24. The molecule has 0 saturated carbocycles. The fourth-order valence-corrected chi connectivity index (χ4v) is 5.86. The van der Waals surface area contributed by atoms with Crippen molar-refractivity contribution in [3.63, 3.8) is 0 Å². The fourth-order valence-electron chi connectivity index (χ4n) is 5.86. The number of likely N-dealkylation sites (tertiary alicyclic amines) is 1. The predicted octanol–water partition coefficient (Wildman–Crippen LogP) is 4.54. The van der Waals surface area contributed by atoms with E-state index in [1.807, 2.05) is 42.5 Å². The smallest absolute Gasteiger partial charge is 0.407 e. The van der Waals surface area contributed by atoms with Crippen LogP contribution in [0.3, 0.4) is 0 Å². The molecule has 1 aliphatic heterocycles. The Morgan fingerprint density at radius 2 is 1.48 bits per heavy atom. The lowest BCUT2D eigenvalue weighted by Gasteiger charge is -2.41. The van der Waals surface area contributed by atoms with Crippen LogP contribution < -0.4 is 10.6 Å². The van der Waals surface area contributed by atoms with Gasteiger partial charge in [-0.15, -0.1) is 0 Å². The van der Waals surface area contributed by atoms with Crippen molar-refractivity contribution in [1.82, 2.24) is 15.5 Å². The second-order valence-electron chi connectivity index (χ2n) is 10.7. The lowest BCUT2D eigenvalue weighted by molar-refractivity contribution is -0.136. The molecule has 1 aliphatic carbocycles. The molecule has 3 N–H and O–H groups in total. The molecule has 8 nitrogen and oxygen atoms in total. The third-order valence-electron chi connectivity index (χ3n) is 7.93. The molecule has 0 spiro atoms. The summed E-state index contributed by atoms with van der Waals surface area (Å²) in [4.78, 5) is 39.2. The number of carbonyl (C=O) groups excluding carboxylic acids is 2. The topological polar surface area (TPSA) is 108 Å². The van der Waals surface area contributed by atoms with Crippen molar-refractivity contribution >= 4 is 18.0 Å². The molecular weight excluding hydrogens is 506 g/mol. The number of carboxylic acids is 1. The average molecular weight is 542 g/mol. The van der Waals surface area contributed by atoms with E-state index >= 15 is 0 Å². The van der Waals surface area contributed by atoms with Crippen LogP contribution >= 0.6 is 0 Å². The molecule has 0 radical (unpaired) electrons. The summed E-state index contributed by atoms with van der Waals surface area (Å²) in [5.74, 6) is -1.31. The number of nitrogens with zero attached hydrogens (tertiary/aromatic N) is 1. The van der Waals surface area contributed by atoms with Crippen molar-refractivity contribution in [2.45, 2.75) is 43.7 Å². The second-order valence-corrected chi connectivity index (χ2v) is 10.7. The number of alkyl carbamates (subject to hydrolysis) is 1. The zero-order chi connectivity index (χ0) is 28.0. The normalized spacial score (nSPS) is 16.0. The first-order valence-electron chi connectivity index (χ1n) is 13.8. The molecule has 1 heterocycles. The maximum Gasteiger partial charge on any atom is 0.407 e. The van der Waals surface area contributed by atoms with Crippen molar-refractivity contribution in [2.75, 3.05) is 26.2 Å². The van der Waals surface area contributed by atoms with Gasteiger partial charge in [-0.3, -0.25) is 14.5 Å². The Morgan fingerprint density at radius 1 is 0.875 bits per heavy atom. The van der Waals surface area contributed by atoms with Crippen LogP contribution in [0.4, 0.5) is 4.79 Å². The van der Waals surface area contributed by atoms with E-state index in [-0.39, 0.29) is 37.8 Å². The fraction of sp³-hybridized carbons (Fsp3) is 0.344. The molecule has 5 rings (SSSR count). The van der Waals surface area contributed by atoms with Gasteiger partial charge in [-0.2, -0.15) is 0 Å². The van der Waals surface area contributed by atoms with Gasteiger partial charge in [0.2, 0.25) is 5.91 Å². The van der Waals surface area contributed by atoms with E-state index in [0.717, 1.165) is 28.8 Å². The Hall–Kier alpha value is -4.17. The third kappa shape index (κ3) is 6.51. The van der Waals surface area contributed by atoms with Crippen LogP contribution in [0, 0.1) is 0 Å². The van der Waals surface area contributed by atoms with E-state index in [2.05, 4.69) is 51.9 Å². The second kappa shape index (κ2) is 12.3. The molecule has 3 aromatic rings. The van der Waals surface area contributed by atoms with Gasteiger partial charge >= 0.3 is 12.1 Å². The number of carbonyl (C=O) groups is 3. The number of fused-ring (bicyclic) bond motifs is 3. The zero-order valence-electron chi connectivity index (χ0n) is 22.5. The molecule has 208 valence electrons. The summed E-state index contributed by atoms with van der Waals surface area (Å²) >= 11 is 0. The van der Waals surface area contributed by atoms with E-state index in [0.29, 0.717) is 25.9 Å². The molecule has 1 saturated heterocycles. The van der Waals surface area contributed by atoms with Crippen molar-refractivity contribution in [3.05, 3.63) is 95.6 Å². The first-order valence-corrected chi connectivity index (χ1v) is 13.8. The van der Waals surface area contributed by atoms with Gasteiger partial charge in [0.05, 0.1) is 12.0 Å². The minimum Gasteiger partial charge on any atom is -0.481 e. The molecule has 0 aromatic heterocycles. The van der Waals surface area contributed by atoms with Crippen LogP contribution in [0.5, 0.6) is 0 Å². The Labute approximate surface area is 234 Å². The number of piperidine rings is 1. The first-order chi connectivity index (χ1) is 19.4. The SMILES string of the molecule is O=C(O)CCNC(=O)CC1(NC(=O)OCC2c3ccccc3-c3ccccc32)CCN(Cc2ccccc2)CC1. The Bertz CT molecular complexity index is 1310. The highest BCUT2D eigenvalue weighted by Gasteiger charge is 2.39. The van der Waals surface area contributed by atoms with E-state index in [4.69, 9.17) is 9.84 Å². The summed E-state index contributed by atoms with van der Waals surface area (Å²) < 4.78 is 5.81. The van der Waals surface area contributed by atoms with E-state index in [9.17, 15) is 14.4 Å². The Morgan fingerprint density at radius 3 is 2.10 bits per heavy atom. The standard InChI is InChI=1S/C32H35N3O5/c36-29(33-17-14-30(37)38)20-32(15-18-35(19-16-32)21-23-8-2-1-3-9-23)34-31(39)40-22-28-26-12-6-4-10-24(26)25-11-5-7-13-27(25)28/h1-13,28H,14-22H2,(H,33,36)(H,34,39)(H,37,38). The molecule has 8 heteroatoms. The van der Waals surface area contributed by atoms with Crippen LogP contribution in [-0.4, -0.2) is 59.8 Å². The van der Waals surface area contributed by atoms with Gasteiger partial charge in [-0.05, 0) is 40.7 Å². The van der Waals surface area contributed by atoms with Gasteiger partial charge < -0.3 is 20.5 Å². The molecule has 2 aliphatic rings. The third-order valence-corrected chi connectivity index (χ3v) is 7.93. The highest BCUT2D eigenvalue weighted by molar-refractivity contribution is 5.80. The minimum absolute atomic E-state index is 0.0509. The van der Waals surface area contributed by atoms with E-state index in [1.54, 1.807) is 0 Å². The largest absolute Gasteiger partial charge is 0.481 e. The number of aliphatic carboxylic acids is 1. The predicted molar refractivity (Wildman–Crippen MR) is 152 cm³/mol. The number of rotatable bonds is 10. The number of nitrogens with one attached hydrogen (secondary N) is 2. The van der Waals surface area contributed by atoms with Crippen molar-refractivity contribution < 1.29 is 24.2 Å². The maximum atomic E-state index is 13.2. The van der Waals surface area contributed by atoms with Gasteiger partial charge in [0.1, 0.15) is 6.61 Å². The average Bonchev–Trinajstić information content (AvgIpc) is 3.27. The molecule has 3 aromatic carbocycles. The molecule has 2 amide bonds. The quantitative estimate of drug-likeness (QED) is 0.348. The van der Waals surface area contributed by atoms with Crippen LogP contribution in [0.2, 0.25) is 0 Å². The summed E-state index contributed by atoms with van der Waals surface area (Å²) in [5.41, 5.74) is 5.03.